The first-order valence-corrected chi connectivity index (χ1v) is 9.38. The van der Waals surface area contributed by atoms with E-state index >= 15 is 0 Å². The molecule has 1 aromatic carbocycles. The van der Waals surface area contributed by atoms with Gasteiger partial charge in [0, 0.05) is 32.6 Å². The maximum absolute atomic E-state index is 12.3. The number of unbranched alkanes of at least 4 members (excludes halogenated alkanes) is 2. The molecule has 1 aliphatic rings. The number of carbonyl (C=O) groups excluding carboxylic acids is 1. The van der Waals surface area contributed by atoms with Crippen molar-refractivity contribution in [2.45, 2.75) is 46.0 Å². The van der Waals surface area contributed by atoms with Crippen LogP contribution in [0.3, 0.4) is 0 Å². The summed E-state index contributed by atoms with van der Waals surface area (Å²) in [6, 6.07) is 8.11. The van der Waals surface area contributed by atoms with E-state index in [1.165, 1.54) is 24.9 Å². The SMILES string of the molecule is CCCCN1CCN(C(=O)CCCCOc2ccc(C)cc2)CC1. The summed E-state index contributed by atoms with van der Waals surface area (Å²) in [4.78, 5) is 16.8. The molecule has 2 rings (SSSR count). The van der Waals surface area contributed by atoms with Gasteiger partial charge in [-0.05, 0) is 44.9 Å². The molecule has 0 radical (unpaired) electrons. The average molecular weight is 332 g/mol. The predicted molar refractivity (Wildman–Crippen MR) is 98.5 cm³/mol. The summed E-state index contributed by atoms with van der Waals surface area (Å²) in [5.41, 5.74) is 1.24. The highest BCUT2D eigenvalue weighted by Crippen LogP contribution is 2.12. The Balaban J connectivity index is 1.54. The van der Waals surface area contributed by atoms with E-state index in [4.69, 9.17) is 4.74 Å². The standard InChI is InChI=1S/C20H32N2O2/c1-3-4-12-21-13-15-22(16-14-21)20(23)7-5-6-17-24-19-10-8-18(2)9-11-19/h8-11H,3-7,12-17H2,1-2H3. The van der Waals surface area contributed by atoms with Gasteiger partial charge in [0.1, 0.15) is 5.75 Å². The summed E-state index contributed by atoms with van der Waals surface area (Å²) >= 11 is 0. The first kappa shape index (κ1) is 18.8. The Morgan fingerprint density at radius 3 is 2.42 bits per heavy atom. The normalized spacial score (nSPS) is 15.5. The molecule has 134 valence electrons. The number of rotatable bonds is 9. The molecular weight excluding hydrogens is 300 g/mol. The summed E-state index contributed by atoms with van der Waals surface area (Å²) in [5.74, 6) is 1.22. The van der Waals surface area contributed by atoms with Gasteiger partial charge in [0.15, 0.2) is 0 Å². The van der Waals surface area contributed by atoms with E-state index in [0.29, 0.717) is 18.9 Å². The number of ether oxygens (including phenoxy) is 1. The molecule has 1 aromatic rings. The molecule has 0 bridgehead atoms. The molecule has 0 atom stereocenters. The summed E-state index contributed by atoms with van der Waals surface area (Å²) in [6.45, 7) is 9.99. The molecule has 1 amide bonds. The average Bonchev–Trinajstić information content (AvgIpc) is 2.61. The van der Waals surface area contributed by atoms with Crippen molar-refractivity contribution in [2.24, 2.45) is 0 Å². The van der Waals surface area contributed by atoms with Crippen LogP contribution in [-0.4, -0.2) is 55.0 Å². The lowest BCUT2D eigenvalue weighted by Crippen LogP contribution is -2.48. The van der Waals surface area contributed by atoms with Crippen molar-refractivity contribution in [1.29, 1.82) is 0 Å². The maximum atomic E-state index is 12.3. The van der Waals surface area contributed by atoms with Crippen LogP contribution in [0, 0.1) is 6.92 Å². The van der Waals surface area contributed by atoms with Crippen molar-refractivity contribution in [3.8, 4) is 5.75 Å². The van der Waals surface area contributed by atoms with Gasteiger partial charge < -0.3 is 9.64 Å². The molecule has 0 spiro atoms. The van der Waals surface area contributed by atoms with Gasteiger partial charge in [0.05, 0.1) is 6.61 Å². The summed E-state index contributed by atoms with van der Waals surface area (Å²) in [7, 11) is 0. The Bertz CT molecular complexity index is 479. The molecule has 0 N–H and O–H groups in total. The van der Waals surface area contributed by atoms with Crippen molar-refractivity contribution < 1.29 is 9.53 Å². The van der Waals surface area contributed by atoms with E-state index in [9.17, 15) is 4.79 Å². The first-order chi connectivity index (χ1) is 11.7. The van der Waals surface area contributed by atoms with E-state index in [2.05, 4.69) is 30.9 Å². The number of benzene rings is 1. The number of nitrogens with zero attached hydrogens (tertiary/aromatic N) is 2. The van der Waals surface area contributed by atoms with Crippen molar-refractivity contribution in [2.75, 3.05) is 39.3 Å². The minimum Gasteiger partial charge on any atom is -0.494 e. The summed E-state index contributed by atoms with van der Waals surface area (Å²) in [5, 5.41) is 0. The van der Waals surface area contributed by atoms with Crippen LogP contribution in [0.25, 0.3) is 0 Å². The molecule has 0 saturated carbocycles. The van der Waals surface area contributed by atoms with Crippen LogP contribution < -0.4 is 4.74 Å². The van der Waals surface area contributed by atoms with Gasteiger partial charge in [0.2, 0.25) is 5.91 Å². The monoisotopic (exact) mass is 332 g/mol. The fraction of sp³-hybridized carbons (Fsp3) is 0.650. The predicted octanol–water partition coefficient (Wildman–Crippen LogP) is 3.49. The number of hydrogen-bond acceptors (Lipinski definition) is 3. The molecule has 4 heteroatoms. The van der Waals surface area contributed by atoms with Crippen LogP contribution in [0.2, 0.25) is 0 Å². The lowest BCUT2D eigenvalue weighted by molar-refractivity contribution is -0.133. The van der Waals surface area contributed by atoms with Gasteiger partial charge in [-0.3, -0.25) is 9.69 Å². The quantitative estimate of drug-likeness (QED) is 0.649. The second kappa shape index (κ2) is 10.3. The van der Waals surface area contributed by atoms with Crippen molar-refractivity contribution in [3.63, 3.8) is 0 Å². The van der Waals surface area contributed by atoms with Gasteiger partial charge >= 0.3 is 0 Å². The molecule has 0 aliphatic carbocycles. The van der Waals surface area contributed by atoms with Crippen molar-refractivity contribution in [3.05, 3.63) is 29.8 Å². The molecule has 1 fully saturated rings. The van der Waals surface area contributed by atoms with Crippen molar-refractivity contribution >= 4 is 5.91 Å². The number of aryl methyl sites for hydroxylation is 1. The topological polar surface area (TPSA) is 32.8 Å². The number of hydrogen-bond donors (Lipinski definition) is 0. The third kappa shape index (κ3) is 6.52. The molecule has 4 nitrogen and oxygen atoms in total. The number of carbonyl (C=O) groups is 1. The Morgan fingerprint density at radius 1 is 1.04 bits per heavy atom. The second-order valence-corrected chi connectivity index (χ2v) is 6.69. The van der Waals surface area contributed by atoms with E-state index in [1.54, 1.807) is 0 Å². The van der Waals surface area contributed by atoms with Gasteiger partial charge in [-0.2, -0.15) is 0 Å². The molecule has 1 saturated heterocycles. The molecule has 1 aliphatic heterocycles. The fourth-order valence-electron chi connectivity index (χ4n) is 2.96. The highest BCUT2D eigenvalue weighted by molar-refractivity contribution is 5.76. The molecule has 24 heavy (non-hydrogen) atoms. The minimum atomic E-state index is 0.306. The summed E-state index contributed by atoms with van der Waals surface area (Å²) in [6.07, 6.45) is 4.97. The van der Waals surface area contributed by atoms with E-state index in [-0.39, 0.29) is 0 Å². The Kier molecular flexibility index (Phi) is 8.10. The lowest BCUT2D eigenvalue weighted by atomic mass is 10.2. The number of piperazine rings is 1. The fourth-order valence-corrected chi connectivity index (χ4v) is 2.96. The van der Waals surface area contributed by atoms with Gasteiger partial charge in [-0.25, -0.2) is 0 Å². The van der Waals surface area contributed by atoms with Gasteiger partial charge in [-0.15, -0.1) is 0 Å². The largest absolute Gasteiger partial charge is 0.494 e. The van der Waals surface area contributed by atoms with Gasteiger partial charge in [0.25, 0.3) is 0 Å². The number of amides is 1. The highest BCUT2D eigenvalue weighted by Gasteiger charge is 2.19. The smallest absolute Gasteiger partial charge is 0.222 e. The third-order valence-corrected chi connectivity index (χ3v) is 4.63. The highest BCUT2D eigenvalue weighted by atomic mass is 16.5. The molecular formula is C20H32N2O2. The zero-order valence-electron chi connectivity index (χ0n) is 15.3. The van der Waals surface area contributed by atoms with E-state index < -0.39 is 0 Å². The molecule has 1 heterocycles. The van der Waals surface area contributed by atoms with Crippen LogP contribution in [0.1, 0.15) is 44.6 Å². The van der Waals surface area contributed by atoms with Crippen LogP contribution in [0.5, 0.6) is 5.75 Å². The molecule has 0 unspecified atom stereocenters. The van der Waals surface area contributed by atoms with Crippen LogP contribution in [-0.2, 0) is 4.79 Å². The first-order valence-electron chi connectivity index (χ1n) is 9.38. The van der Waals surface area contributed by atoms with E-state index in [1.807, 2.05) is 17.0 Å². The summed E-state index contributed by atoms with van der Waals surface area (Å²) < 4.78 is 5.71. The van der Waals surface area contributed by atoms with Crippen molar-refractivity contribution in [1.82, 2.24) is 9.80 Å². The Hall–Kier alpha value is -1.55. The van der Waals surface area contributed by atoms with Crippen LogP contribution in [0.4, 0.5) is 0 Å². The second-order valence-electron chi connectivity index (χ2n) is 6.69. The van der Waals surface area contributed by atoms with Crippen LogP contribution in [0.15, 0.2) is 24.3 Å². The zero-order chi connectivity index (χ0) is 17.2. The minimum absolute atomic E-state index is 0.306. The third-order valence-electron chi connectivity index (χ3n) is 4.63. The Labute approximate surface area is 146 Å². The van der Waals surface area contributed by atoms with E-state index in [0.717, 1.165) is 44.8 Å². The van der Waals surface area contributed by atoms with Gasteiger partial charge in [-0.1, -0.05) is 31.0 Å². The zero-order valence-corrected chi connectivity index (χ0v) is 15.3. The Morgan fingerprint density at radius 2 is 1.75 bits per heavy atom. The molecule has 0 aromatic heterocycles. The lowest BCUT2D eigenvalue weighted by Gasteiger charge is -2.34. The maximum Gasteiger partial charge on any atom is 0.222 e. The van der Waals surface area contributed by atoms with Crippen LogP contribution >= 0.6 is 0 Å².